The van der Waals surface area contributed by atoms with Crippen molar-refractivity contribution in [1.82, 2.24) is 19.4 Å². The minimum atomic E-state index is 0.524. The van der Waals surface area contributed by atoms with Gasteiger partial charge in [0.05, 0.1) is 11.9 Å². The second kappa shape index (κ2) is 7.30. The maximum Gasteiger partial charge on any atom is 0.130 e. The average molecular weight is 388 g/mol. The molecule has 1 saturated carbocycles. The van der Waals surface area contributed by atoms with Crippen molar-refractivity contribution in [2.24, 2.45) is 18.9 Å². The lowest BCUT2D eigenvalue weighted by atomic mass is 9.83. The SMILES string of the molecule is C=C(Nc1cc2cc(-c3cnc(C)n3C)ccc2cn1)C1CN(CC2CCC2)C1. The van der Waals surface area contributed by atoms with E-state index in [0.717, 1.165) is 47.4 Å². The van der Waals surface area contributed by atoms with Gasteiger partial charge in [-0.3, -0.25) is 0 Å². The molecule has 2 aromatic heterocycles. The van der Waals surface area contributed by atoms with E-state index in [1.54, 1.807) is 0 Å². The number of likely N-dealkylation sites (tertiary alicyclic amines) is 1. The Morgan fingerprint density at radius 3 is 2.66 bits per heavy atom. The second-order valence-electron chi connectivity index (χ2n) is 8.74. The van der Waals surface area contributed by atoms with Crippen LogP contribution in [0.25, 0.3) is 22.0 Å². The molecule has 0 unspecified atom stereocenters. The summed E-state index contributed by atoms with van der Waals surface area (Å²) in [7, 11) is 2.05. The molecule has 1 aromatic carbocycles. The molecule has 2 fully saturated rings. The van der Waals surface area contributed by atoms with Crippen LogP contribution in [0, 0.1) is 18.8 Å². The zero-order valence-electron chi connectivity index (χ0n) is 17.4. The van der Waals surface area contributed by atoms with Crippen LogP contribution in [0.5, 0.6) is 0 Å². The largest absolute Gasteiger partial charge is 0.344 e. The van der Waals surface area contributed by atoms with E-state index in [2.05, 4.69) is 62.6 Å². The predicted molar refractivity (Wildman–Crippen MR) is 119 cm³/mol. The molecule has 0 bridgehead atoms. The van der Waals surface area contributed by atoms with Gasteiger partial charge < -0.3 is 14.8 Å². The van der Waals surface area contributed by atoms with Crippen LogP contribution >= 0.6 is 0 Å². The number of aromatic nitrogens is 3. The molecule has 0 radical (unpaired) electrons. The van der Waals surface area contributed by atoms with Crippen LogP contribution in [0.2, 0.25) is 0 Å². The van der Waals surface area contributed by atoms with E-state index in [0.29, 0.717) is 5.92 Å². The molecule has 1 aliphatic heterocycles. The van der Waals surface area contributed by atoms with Crippen LogP contribution in [0.1, 0.15) is 25.1 Å². The summed E-state index contributed by atoms with van der Waals surface area (Å²) in [5.74, 6) is 3.35. The molecule has 29 heavy (non-hydrogen) atoms. The first-order chi connectivity index (χ1) is 14.1. The van der Waals surface area contributed by atoms with Crippen LogP contribution in [-0.2, 0) is 7.05 Å². The number of benzene rings is 1. The number of anilines is 1. The third-order valence-electron chi connectivity index (χ3n) is 6.72. The Kier molecular flexibility index (Phi) is 4.63. The summed E-state index contributed by atoms with van der Waals surface area (Å²) in [4.78, 5) is 11.6. The summed E-state index contributed by atoms with van der Waals surface area (Å²) in [5, 5.41) is 5.77. The van der Waals surface area contributed by atoms with Crippen molar-refractivity contribution in [1.29, 1.82) is 0 Å². The van der Waals surface area contributed by atoms with Crippen molar-refractivity contribution < 1.29 is 0 Å². The van der Waals surface area contributed by atoms with Gasteiger partial charge in [0, 0.05) is 55.4 Å². The Labute approximate surface area is 172 Å². The molecule has 1 N–H and O–H groups in total. The Morgan fingerprint density at radius 2 is 1.97 bits per heavy atom. The molecule has 5 heteroatoms. The molecule has 0 spiro atoms. The van der Waals surface area contributed by atoms with E-state index in [9.17, 15) is 0 Å². The maximum atomic E-state index is 4.60. The van der Waals surface area contributed by atoms with E-state index >= 15 is 0 Å². The van der Waals surface area contributed by atoms with E-state index in [-0.39, 0.29) is 0 Å². The highest BCUT2D eigenvalue weighted by atomic mass is 15.2. The number of hydrogen-bond acceptors (Lipinski definition) is 4. The standard InChI is InChI=1S/C24H29N5/c1-16(22-14-29(15-22)13-18-5-4-6-18)27-24-10-21-9-19(7-8-20(21)11-26-24)23-12-25-17(2)28(23)3/h7-12,18,22H,1,4-6,13-15H2,2-3H3,(H,26,27). The van der Waals surface area contributed by atoms with Gasteiger partial charge in [-0.25, -0.2) is 9.97 Å². The number of rotatable bonds is 6. The third kappa shape index (κ3) is 3.55. The average Bonchev–Trinajstić information content (AvgIpc) is 2.97. The lowest BCUT2D eigenvalue weighted by Crippen LogP contribution is -2.50. The summed E-state index contributed by atoms with van der Waals surface area (Å²) in [5.41, 5.74) is 3.38. The van der Waals surface area contributed by atoms with Gasteiger partial charge in [-0.2, -0.15) is 0 Å². The first-order valence-corrected chi connectivity index (χ1v) is 10.6. The Balaban J connectivity index is 1.28. The van der Waals surface area contributed by atoms with E-state index in [1.165, 1.54) is 36.8 Å². The number of hydrogen-bond donors (Lipinski definition) is 1. The van der Waals surface area contributed by atoms with Gasteiger partial charge in [-0.05, 0) is 43.2 Å². The number of aryl methyl sites for hydroxylation is 1. The molecule has 0 amide bonds. The first kappa shape index (κ1) is 18.4. The topological polar surface area (TPSA) is 46.0 Å². The van der Waals surface area contributed by atoms with Gasteiger partial charge in [0.2, 0.25) is 0 Å². The normalized spacial score (nSPS) is 17.9. The van der Waals surface area contributed by atoms with E-state index < -0.39 is 0 Å². The molecule has 3 heterocycles. The van der Waals surface area contributed by atoms with Crippen LogP contribution in [0.15, 0.2) is 48.9 Å². The summed E-state index contributed by atoms with van der Waals surface area (Å²) >= 11 is 0. The molecule has 5 rings (SSSR count). The van der Waals surface area contributed by atoms with Gasteiger partial charge in [0.15, 0.2) is 0 Å². The van der Waals surface area contributed by atoms with Gasteiger partial charge in [-0.1, -0.05) is 25.1 Å². The molecular weight excluding hydrogens is 358 g/mol. The molecule has 5 nitrogen and oxygen atoms in total. The highest BCUT2D eigenvalue weighted by Gasteiger charge is 2.32. The number of fused-ring (bicyclic) bond motifs is 1. The molecule has 1 aliphatic carbocycles. The minimum Gasteiger partial charge on any atom is -0.344 e. The quantitative estimate of drug-likeness (QED) is 0.671. The van der Waals surface area contributed by atoms with E-state index in [4.69, 9.17) is 0 Å². The lowest BCUT2D eigenvalue weighted by Gasteiger charge is -2.43. The fourth-order valence-electron chi connectivity index (χ4n) is 4.39. The zero-order valence-corrected chi connectivity index (χ0v) is 17.4. The van der Waals surface area contributed by atoms with Crippen LogP contribution < -0.4 is 5.32 Å². The smallest absolute Gasteiger partial charge is 0.130 e. The summed E-state index contributed by atoms with van der Waals surface area (Å²) < 4.78 is 2.12. The van der Waals surface area contributed by atoms with Gasteiger partial charge in [0.1, 0.15) is 11.6 Å². The minimum absolute atomic E-state index is 0.524. The highest BCUT2D eigenvalue weighted by Crippen LogP contribution is 2.32. The lowest BCUT2D eigenvalue weighted by molar-refractivity contribution is 0.0813. The molecule has 3 aromatic rings. The third-order valence-corrected chi connectivity index (χ3v) is 6.72. The van der Waals surface area contributed by atoms with Crippen LogP contribution in [0.4, 0.5) is 5.82 Å². The molecular formula is C24H29N5. The maximum absolute atomic E-state index is 4.60. The monoisotopic (exact) mass is 387 g/mol. The summed E-state index contributed by atoms with van der Waals surface area (Å²) in [6.07, 6.45) is 8.13. The van der Waals surface area contributed by atoms with Crippen molar-refractivity contribution in [3.63, 3.8) is 0 Å². The van der Waals surface area contributed by atoms with Crippen molar-refractivity contribution in [3.8, 4) is 11.3 Å². The molecule has 2 aliphatic rings. The van der Waals surface area contributed by atoms with Crippen molar-refractivity contribution in [2.45, 2.75) is 26.2 Å². The molecule has 0 atom stereocenters. The second-order valence-corrected chi connectivity index (χ2v) is 8.74. The van der Waals surface area contributed by atoms with Crippen LogP contribution in [-0.4, -0.2) is 39.1 Å². The number of nitrogens with one attached hydrogen (secondary N) is 1. The van der Waals surface area contributed by atoms with Gasteiger partial charge in [0.25, 0.3) is 0 Å². The van der Waals surface area contributed by atoms with Crippen molar-refractivity contribution >= 4 is 16.6 Å². The Hall–Kier alpha value is -2.66. The van der Waals surface area contributed by atoms with Crippen LogP contribution in [0.3, 0.4) is 0 Å². The van der Waals surface area contributed by atoms with E-state index in [1.807, 2.05) is 19.3 Å². The number of imidazole rings is 1. The number of pyridine rings is 1. The fraction of sp³-hybridized carbons (Fsp3) is 0.417. The Bertz CT molecular complexity index is 1060. The summed E-state index contributed by atoms with van der Waals surface area (Å²) in [6, 6.07) is 8.60. The predicted octanol–water partition coefficient (Wildman–Crippen LogP) is 4.60. The van der Waals surface area contributed by atoms with Gasteiger partial charge in [-0.15, -0.1) is 0 Å². The van der Waals surface area contributed by atoms with Gasteiger partial charge >= 0.3 is 0 Å². The fourth-order valence-corrected chi connectivity index (χ4v) is 4.39. The summed E-state index contributed by atoms with van der Waals surface area (Å²) in [6.45, 7) is 9.84. The Morgan fingerprint density at radius 1 is 1.14 bits per heavy atom. The molecule has 1 saturated heterocycles. The highest BCUT2D eigenvalue weighted by molar-refractivity contribution is 5.88. The zero-order chi connectivity index (χ0) is 20.0. The molecule has 150 valence electrons. The number of nitrogens with zero attached hydrogens (tertiary/aromatic N) is 4. The van der Waals surface area contributed by atoms with Crippen molar-refractivity contribution in [2.75, 3.05) is 25.0 Å². The van der Waals surface area contributed by atoms with Crippen molar-refractivity contribution in [3.05, 3.63) is 54.8 Å². The first-order valence-electron chi connectivity index (χ1n) is 10.6.